The first-order valence-electron chi connectivity index (χ1n) is 7.34. The van der Waals surface area contributed by atoms with Crippen molar-refractivity contribution in [2.24, 2.45) is 0 Å². The van der Waals surface area contributed by atoms with Crippen molar-refractivity contribution in [1.82, 2.24) is 30.4 Å². The quantitative estimate of drug-likeness (QED) is 0.496. The molecule has 0 radical (unpaired) electrons. The molecule has 0 amide bonds. The van der Waals surface area contributed by atoms with Gasteiger partial charge in [-0.2, -0.15) is 4.68 Å². The maximum Gasteiger partial charge on any atom is 0.277 e. The maximum atomic E-state index is 5.88. The lowest BCUT2D eigenvalue weighted by Crippen LogP contribution is -2.01. The van der Waals surface area contributed by atoms with Crippen molar-refractivity contribution < 1.29 is 4.42 Å². The molecule has 0 N–H and O–H groups in total. The summed E-state index contributed by atoms with van der Waals surface area (Å²) in [5.41, 5.74) is 1.72. The fourth-order valence-electron chi connectivity index (χ4n) is 2.17. The monoisotopic (exact) mass is 370 g/mol. The third-order valence-electron chi connectivity index (χ3n) is 3.36. The van der Waals surface area contributed by atoms with Crippen LogP contribution in [0.25, 0.3) is 17.1 Å². The molecule has 2 heterocycles. The molecule has 0 saturated heterocycles. The lowest BCUT2D eigenvalue weighted by Gasteiger charge is -2.02. The lowest BCUT2D eigenvalue weighted by atomic mass is 10.2. The highest BCUT2D eigenvalue weighted by molar-refractivity contribution is 7.98. The van der Waals surface area contributed by atoms with E-state index in [1.54, 1.807) is 16.8 Å². The molecule has 0 fully saturated rings. The average molecular weight is 371 g/mol. The molecule has 0 aliphatic carbocycles. The molecule has 2 aromatic heterocycles. The number of aromatic nitrogens is 6. The van der Waals surface area contributed by atoms with E-state index in [1.807, 2.05) is 42.5 Å². The summed E-state index contributed by atoms with van der Waals surface area (Å²) >= 11 is 7.26. The van der Waals surface area contributed by atoms with Gasteiger partial charge >= 0.3 is 0 Å². The van der Waals surface area contributed by atoms with Gasteiger partial charge in [0.05, 0.1) is 11.4 Å². The third-order valence-corrected chi connectivity index (χ3v) is 4.42. The molecule has 124 valence electrons. The first-order chi connectivity index (χ1) is 12.3. The molecule has 0 spiro atoms. The molecule has 9 heteroatoms. The second-order valence-corrected chi connectivity index (χ2v) is 6.37. The van der Waals surface area contributed by atoms with E-state index >= 15 is 0 Å². The summed E-state index contributed by atoms with van der Waals surface area (Å²) in [6, 6.07) is 16.9. The third kappa shape index (κ3) is 3.54. The second kappa shape index (κ2) is 7.04. The number of benzene rings is 2. The van der Waals surface area contributed by atoms with Crippen LogP contribution in [0.5, 0.6) is 0 Å². The summed E-state index contributed by atoms with van der Waals surface area (Å²) in [6.07, 6.45) is 0. The number of halogens is 1. The van der Waals surface area contributed by atoms with Crippen molar-refractivity contribution in [2.45, 2.75) is 11.0 Å². The van der Waals surface area contributed by atoms with Gasteiger partial charge in [-0.3, -0.25) is 0 Å². The molecule has 0 unspecified atom stereocenters. The van der Waals surface area contributed by atoms with Gasteiger partial charge in [-0.15, -0.1) is 15.3 Å². The average Bonchev–Trinajstić information content (AvgIpc) is 3.31. The summed E-state index contributed by atoms with van der Waals surface area (Å²) in [4.78, 5) is 0. The first-order valence-corrected chi connectivity index (χ1v) is 8.71. The highest BCUT2D eigenvalue weighted by Crippen LogP contribution is 2.26. The van der Waals surface area contributed by atoms with E-state index in [0.717, 1.165) is 11.3 Å². The molecule has 2 aromatic carbocycles. The highest BCUT2D eigenvalue weighted by atomic mass is 35.5. The van der Waals surface area contributed by atoms with Gasteiger partial charge in [-0.05, 0) is 46.8 Å². The van der Waals surface area contributed by atoms with Crippen molar-refractivity contribution >= 4 is 23.4 Å². The summed E-state index contributed by atoms with van der Waals surface area (Å²) in [5.74, 6) is 1.65. The number of hydrogen-bond acceptors (Lipinski definition) is 7. The Balaban J connectivity index is 1.48. The number of para-hydroxylation sites is 1. The Bertz CT molecular complexity index is 970. The van der Waals surface area contributed by atoms with Gasteiger partial charge in [-0.1, -0.05) is 41.6 Å². The smallest absolute Gasteiger partial charge is 0.277 e. The van der Waals surface area contributed by atoms with E-state index in [1.165, 1.54) is 11.8 Å². The Morgan fingerprint density at radius 2 is 1.76 bits per heavy atom. The largest absolute Gasteiger partial charge is 0.411 e. The predicted molar refractivity (Wildman–Crippen MR) is 93.5 cm³/mol. The SMILES string of the molecule is Clc1ccc(-c2nnc(SCc3nnnn3-c3ccccc3)o2)cc1. The van der Waals surface area contributed by atoms with Crippen molar-refractivity contribution in [3.8, 4) is 17.1 Å². The van der Waals surface area contributed by atoms with E-state index in [2.05, 4.69) is 25.7 Å². The van der Waals surface area contributed by atoms with E-state index in [-0.39, 0.29) is 0 Å². The van der Waals surface area contributed by atoms with Gasteiger partial charge < -0.3 is 4.42 Å². The summed E-state index contributed by atoms with van der Waals surface area (Å²) in [5, 5.41) is 21.0. The van der Waals surface area contributed by atoms with Gasteiger partial charge in [0.25, 0.3) is 5.22 Å². The Morgan fingerprint density at radius 3 is 2.56 bits per heavy atom. The number of hydrogen-bond donors (Lipinski definition) is 0. The molecule has 0 atom stereocenters. The van der Waals surface area contributed by atoms with Crippen LogP contribution in [-0.2, 0) is 5.75 Å². The van der Waals surface area contributed by atoms with E-state index in [9.17, 15) is 0 Å². The van der Waals surface area contributed by atoms with Crippen LogP contribution in [0.4, 0.5) is 0 Å². The van der Waals surface area contributed by atoms with Crippen LogP contribution in [0, 0.1) is 0 Å². The molecule has 7 nitrogen and oxygen atoms in total. The lowest BCUT2D eigenvalue weighted by molar-refractivity contribution is 0.465. The minimum absolute atomic E-state index is 0.446. The van der Waals surface area contributed by atoms with Crippen LogP contribution in [0.1, 0.15) is 5.82 Å². The van der Waals surface area contributed by atoms with Gasteiger partial charge in [-0.25, -0.2) is 0 Å². The van der Waals surface area contributed by atoms with Crippen LogP contribution < -0.4 is 0 Å². The van der Waals surface area contributed by atoms with Crippen LogP contribution >= 0.6 is 23.4 Å². The second-order valence-electron chi connectivity index (χ2n) is 5.01. The minimum atomic E-state index is 0.446. The normalized spacial score (nSPS) is 10.9. The Morgan fingerprint density at radius 1 is 0.960 bits per heavy atom. The standard InChI is InChI=1S/C16H11ClN6OS/c17-12-8-6-11(7-9-12)15-19-20-16(24-15)25-10-14-18-21-22-23(14)13-4-2-1-3-5-13/h1-9H,10H2. The van der Waals surface area contributed by atoms with Crippen LogP contribution in [0.3, 0.4) is 0 Å². The first kappa shape index (κ1) is 15.8. The summed E-state index contributed by atoms with van der Waals surface area (Å²) in [7, 11) is 0. The molecular formula is C16H11ClN6OS. The van der Waals surface area contributed by atoms with Crippen LogP contribution in [0.15, 0.2) is 64.2 Å². The number of thioether (sulfide) groups is 1. The maximum absolute atomic E-state index is 5.88. The number of tetrazole rings is 1. The van der Waals surface area contributed by atoms with E-state index in [0.29, 0.717) is 27.7 Å². The van der Waals surface area contributed by atoms with E-state index < -0.39 is 0 Å². The molecule has 4 rings (SSSR count). The van der Waals surface area contributed by atoms with Gasteiger partial charge in [0.2, 0.25) is 5.89 Å². The Hall–Kier alpha value is -2.71. The fourth-order valence-corrected chi connectivity index (χ4v) is 2.96. The summed E-state index contributed by atoms with van der Waals surface area (Å²) < 4.78 is 7.36. The van der Waals surface area contributed by atoms with Crippen molar-refractivity contribution in [2.75, 3.05) is 0 Å². The molecule has 0 saturated carbocycles. The highest BCUT2D eigenvalue weighted by Gasteiger charge is 2.13. The number of rotatable bonds is 5. The van der Waals surface area contributed by atoms with Crippen molar-refractivity contribution in [3.63, 3.8) is 0 Å². The molecule has 25 heavy (non-hydrogen) atoms. The van der Waals surface area contributed by atoms with Crippen molar-refractivity contribution in [1.29, 1.82) is 0 Å². The minimum Gasteiger partial charge on any atom is -0.411 e. The van der Waals surface area contributed by atoms with E-state index in [4.69, 9.17) is 16.0 Å². The summed E-state index contributed by atoms with van der Waals surface area (Å²) in [6.45, 7) is 0. The Kier molecular flexibility index (Phi) is 4.45. The fraction of sp³-hybridized carbons (Fsp3) is 0.0625. The van der Waals surface area contributed by atoms with Gasteiger partial charge in [0.15, 0.2) is 5.82 Å². The topological polar surface area (TPSA) is 82.5 Å². The zero-order valence-electron chi connectivity index (χ0n) is 12.8. The molecule has 0 bridgehead atoms. The van der Waals surface area contributed by atoms with Crippen molar-refractivity contribution in [3.05, 3.63) is 65.4 Å². The molecule has 4 aromatic rings. The molecular weight excluding hydrogens is 360 g/mol. The zero-order chi connectivity index (χ0) is 17.1. The number of nitrogens with zero attached hydrogens (tertiary/aromatic N) is 6. The van der Waals surface area contributed by atoms with Gasteiger partial charge in [0, 0.05) is 10.6 Å². The molecule has 0 aliphatic rings. The predicted octanol–water partition coefficient (Wildman–Crippen LogP) is 3.66. The van der Waals surface area contributed by atoms with Crippen LogP contribution in [0.2, 0.25) is 5.02 Å². The van der Waals surface area contributed by atoms with Gasteiger partial charge in [0.1, 0.15) is 0 Å². The zero-order valence-corrected chi connectivity index (χ0v) is 14.4. The van der Waals surface area contributed by atoms with Crippen LogP contribution in [-0.4, -0.2) is 30.4 Å². The molecule has 0 aliphatic heterocycles. The Labute approximate surface area is 152 Å².